The van der Waals surface area contributed by atoms with Crippen molar-refractivity contribution in [2.24, 2.45) is 4.99 Å². The molecule has 0 aromatic rings. The molecule has 1 amide bonds. The molecule has 1 atom stereocenters. The standard InChI is InChI=1S/C21H43N5O3.HI/c1-8-21(9-2,25-19(27)29-20(3,4)5)16-24-18(22-6)23-15-17-11-10-12-26(17)13-14-28-7;/h17H,8-16H2,1-7H3,(H,25,27)(H2,22,23,24);1H. The number of alkyl carbamates (subject to hydrolysis) is 1. The Morgan fingerprint density at radius 1 is 1.20 bits per heavy atom. The predicted octanol–water partition coefficient (Wildman–Crippen LogP) is 2.96. The fourth-order valence-electron chi connectivity index (χ4n) is 3.56. The molecule has 8 nitrogen and oxygen atoms in total. The Morgan fingerprint density at radius 2 is 1.87 bits per heavy atom. The number of ether oxygens (including phenoxy) is 2. The molecule has 0 spiro atoms. The van der Waals surface area contributed by atoms with E-state index in [4.69, 9.17) is 9.47 Å². The molecule has 0 bridgehead atoms. The smallest absolute Gasteiger partial charge is 0.408 e. The molecule has 0 aliphatic carbocycles. The van der Waals surface area contributed by atoms with Crippen molar-refractivity contribution < 1.29 is 14.3 Å². The number of nitrogens with one attached hydrogen (secondary N) is 3. The number of halogens is 1. The largest absolute Gasteiger partial charge is 0.444 e. The lowest BCUT2D eigenvalue weighted by Gasteiger charge is -2.34. The van der Waals surface area contributed by atoms with Gasteiger partial charge < -0.3 is 25.4 Å². The van der Waals surface area contributed by atoms with Crippen LogP contribution in [-0.2, 0) is 9.47 Å². The number of methoxy groups -OCH3 is 1. The quantitative estimate of drug-likeness (QED) is 0.224. The highest BCUT2D eigenvalue weighted by Crippen LogP contribution is 2.17. The van der Waals surface area contributed by atoms with Gasteiger partial charge in [-0.3, -0.25) is 9.89 Å². The maximum absolute atomic E-state index is 12.3. The minimum atomic E-state index is -0.516. The van der Waals surface area contributed by atoms with Gasteiger partial charge in [-0.25, -0.2) is 4.79 Å². The van der Waals surface area contributed by atoms with E-state index >= 15 is 0 Å². The second-order valence-corrected chi connectivity index (χ2v) is 8.75. The van der Waals surface area contributed by atoms with Crippen LogP contribution >= 0.6 is 24.0 Å². The molecule has 1 aliphatic rings. The van der Waals surface area contributed by atoms with Crippen LogP contribution in [0.4, 0.5) is 4.79 Å². The number of hydrogen-bond donors (Lipinski definition) is 3. The summed E-state index contributed by atoms with van der Waals surface area (Å²) in [5.41, 5.74) is -0.907. The molecule has 9 heteroatoms. The lowest BCUT2D eigenvalue weighted by Crippen LogP contribution is -2.57. The molecule has 0 aromatic carbocycles. The Labute approximate surface area is 200 Å². The van der Waals surface area contributed by atoms with Crippen molar-refractivity contribution in [1.29, 1.82) is 0 Å². The number of hydrogen-bond acceptors (Lipinski definition) is 5. The lowest BCUT2D eigenvalue weighted by atomic mass is 9.93. The van der Waals surface area contributed by atoms with Crippen LogP contribution in [-0.4, -0.2) is 81.1 Å². The van der Waals surface area contributed by atoms with Crippen molar-refractivity contribution in [3.63, 3.8) is 0 Å². The highest BCUT2D eigenvalue weighted by atomic mass is 127. The summed E-state index contributed by atoms with van der Waals surface area (Å²) < 4.78 is 10.7. The molecule has 1 saturated heterocycles. The van der Waals surface area contributed by atoms with Crippen LogP contribution in [0.15, 0.2) is 4.99 Å². The summed E-state index contributed by atoms with van der Waals surface area (Å²) in [6.07, 6.45) is 3.60. The van der Waals surface area contributed by atoms with E-state index in [9.17, 15) is 4.79 Å². The number of rotatable bonds is 10. The van der Waals surface area contributed by atoms with Gasteiger partial charge in [-0.15, -0.1) is 24.0 Å². The van der Waals surface area contributed by atoms with Crippen LogP contribution in [0.25, 0.3) is 0 Å². The molecule has 1 fully saturated rings. The van der Waals surface area contributed by atoms with Crippen molar-refractivity contribution in [1.82, 2.24) is 20.9 Å². The van der Waals surface area contributed by atoms with Crippen LogP contribution in [0.5, 0.6) is 0 Å². The molecule has 0 saturated carbocycles. The van der Waals surface area contributed by atoms with Gasteiger partial charge in [0.25, 0.3) is 0 Å². The summed E-state index contributed by atoms with van der Waals surface area (Å²) in [6.45, 7) is 14.0. The van der Waals surface area contributed by atoms with Gasteiger partial charge in [0.1, 0.15) is 5.60 Å². The van der Waals surface area contributed by atoms with Crippen LogP contribution in [0.1, 0.15) is 60.3 Å². The minimum Gasteiger partial charge on any atom is -0.444 e. The number of aliphatic imine (C=N–C) groups is 1. The molecule has 1 heterocycles. The summed E-state index contributed by atoms with van der Waals surface area (Å²) in [5.74, 6) is 0.751. The average Bonchev–Trinajstić information content (AvgIpc) is 3.11. The molecule has 0 aromatic heterocycles. The lowest BCUT2D eigenvalue weighted by molar-refractivity contribution is 0.0448. The molecular formula is C21H44IN5O3. The van der Waals surface area contributed by atoms with Gasteiger partial charge in [0.05, 0.1) is 12.1 Å². The molecule has 1 aliphatic heterocycles. The number of guanidine groups is 1. The van der Waals surface area contributed by atoms with Gasteiger partial charge in [0, 0.05) is 39.8 Å². The van der Waals surface area contributed by atoms with Gasteiger partial charge in [-0.2, -0.15) is 0 Å². The summed E-state index contributed by atoms with van der Waals surface area (Å²) >= 11 is 0. The molecule has 178 valence electrons. The van der Waals surface area contributed by atoms with E-state index in [1.165, 1.54) is 12.8 Å². The zero-order valence-corrected chi connectivity index (χ0v) is 22.3. The fraction of sp³-hybridized carbons (Fsp3) is 0.905. The number of carbonyl (C=O) groups excluding carboxylic acids is 1. The molecule has 1 unspecified atom stereocenters. The Hall–Kier alpha value is -0.810. The maximum Gasteiger partial charge on any atom is 0.408 e. The molecular weight excluding hydrogens is 497 g/mol. The Bertz CT molecular complexity index is 521. The zero-order chi connectivity index (χ0) is 21.9. The normalized spacial score (nSPS) is 18.0. The van der Waals surface area contributed by atoms with Gasteiger partial charge in [-0.1, -0.05) is 13.8 Å². The van der Waals surface area contributed by atoms with E-state index < -0.39 is 11.1 Å². The third-order valence-corrected chi connectivity index (χ3v) is 5.52. The van der Waals surface area contributed by atoms with E-state index in [0.717, 1.165) is 45.0 Å². The van der Waals surface area contributed by atoms with Gasteiger partial charge >= 0.3 is 6.09 Å². The van der Waals surface area contributed by atoms with Crippen molar-refractivity contribution >= 4 is 36.0 Å². The molecule has 3 N–H and O–H groups in total. The summed E-state index contributed by atoms with van der Waals surface area (Å²) in [7, 11) is 3.52. The van der Waals surface area contributed by atoms with E-state index in [1.807, 2.05) is 20.8 Å². The highest BCUT2D eigenvalue weighted by molar-refractivity contribution is 14.0. The minimum absolute atomic E-state index is 0. The molecule has 30 heavy (non-hydrogen) atoms. The van der Waals surface area contributed by atoms with Gasteiger partial charge in [0.15, 0.2) is 5.96 Å². The second kappa shape index (κ2) is 14.3. The number of likely N-dealkylation sites (tertiary alicyclic amines) is 1. The number of amides is 1. The summed E-state index contributed by atoms with van der Waals surface area (Å²) in [6, 6.07) is 0.491. The van der Waals surface area contributed by atoms with Crippen LogP contribution < -0.4 is 16.0 Å². The first kappa shape index (κ1) is 29.2. The van der Waals surface area contributed by atoms with Crippen LogP contribution in [0.2, 0.25) is 0 Å². The molecule has 0 radical (unpaired) electrons. The van der Waals surface area contributed by atoms with Crippen LogP contribution in [0, 0.1) is 0 Å². The monoisotopic (exact) mass is 541 g/mol. The van der Waals surface area contributed by atoms with E-state index in [-0.39, 0.29) is 30.1 Å². The predicted molar refractivity (Wildman–Crippen MR) is 134 cm³/mol. The highest BCUT2D eigenvalue weighted by Gasteiger charge is 2.31. The van der Waals surface area contributed by atoms with Crippen molar-refractivity contribution in [3.05, 3.63) is 0 Å². The summed E-state index contributed by atoms with van der Waals surface area (Å²) in [4.78, 5) is 19.1. The first-order valence-corrected chi connectivity index (χ1v) is 10.9. The van der Waals surface area contributed by atoms with E-state index in [1.54, 1.807) is 14.2 Å². The molecule has 1 rings (SSSR count). The van der Waals surface area contributed by atoms with Crippen molar-refractivity contribution in [2.75, 3.05) is 46.9 Å². The topological polar surface area (TPSA) is 87.2 Å². The third-order valence-electron chi connectivity index (χ3n) is 5.52. The Kier molecular flexibility index (Phi) is 13.9. The van der Waals surface area contributed by atoms with E-state index in [2.05, 4.69) is 39.7 Å². The number of carbonyl (C=O) groups is 1. The van der Waals surface area contributed by atoms with Crippen molar-refractivity contribution in [3.8, 4) is 0 Å². The number of nitrogens with zero attached hydrogens (tertiary/aromatic N) is 2. The fourth-order valence-corrected chi connectivity index (χ4v) is 3.56. The first-order valence-electron chi connectivity index (χ1n) is 10.9. The average molecular weight is 542 g/mol. The SMILES string of the molecule is CCC(CC)(CNC(=NC)NCC1CCCN1CCOC)NC(=O)OC(C)(C)C.I. The first-order chi connectivity index (χ1) is 13.7. The van der Waals surface area contributed by atoms with Gasteiger partial charge in [-0.05, 0) is 53.0 Å². The van der Waals surface area contributed by atoms with Crippen LogP contribution in [0.3, 0.4) is 0 Å². The van der Waals surface area contributed by atoms with Gasteiger partial charge in [0.2, 0.25) is 0 Å². The van der Waals surface area contributed by atoms with E-state index in [0.29, 0.717) is 12.6 Å². The Balaban J connectivity index is 0.00000841. The zero-order valence-electron chi connectivity index (χ0n) is 20.0. The second-order valence-electron chi connectivity index (χ2n) is 8.75. The summed E-state index contributed by atoms with van der Waals surface area (Å²) in [5, 5.41) is 9.90. The maximum atomic E-state index is 12.3. The van der Waals surface area contributed by atoms with Crippen molar-refractivity contribution in [2.45, 2.75) is 77.5 Å². The Morgan fingerprint density at radius 3 is 2.40 bits per heavy atom. The third kappa shape index (κ3) is 10.5.